The Kier molecular flexibility index (Phi) is 35.1. The van der Waals surface area contributed by atoms with Crippen molar-refractivity contribution in [3.05, 3.63) is 240 Å². The summed E-state index contributed by atoms with van der Waals surface area (Å²) in [7, 11) is 14.8. The van der Waals surface area contributed by atoms with Crippen LogP contribution in [0.15, 0.2) is 177 Å². The van der Waals surface area contributed by atoms with Gasteiger partial charge in [-0.1, -0.05) is 125 Å². The van der Waals surface area contributed by atoms with Crippen molar-refractivity contribution in [3.63, 3.8) is 0 Å². The number of pyridine rings is 3. The molecule has 1 aliphatic heterocycles. The fourth-order valence-electron chi connectivity index (χ4n) is 5.98. The van der Waals surface area contributed by atoms with Crippen molar-refractivity contribution >= 4 is 76.6 Å². The van der Waals surface area contributed by atoms with Crippen molar-refractivity contribution in [2.45, 2.75) is 53.4 Å². The van der Waals surface area contributed by atoms with E-state index in [0.717, 1.165) is 17.9 Å². The molecule has 0 amide bonds. The number of benzene rings is 4. The normalized spacial score (nSPS) is 10.8. The fourth-order valence-corrected chi connectivity index (χ4v) is 6.10. The van der Waals surface area contributed by atoms with Crippen LogP contribution in [0.4, 0.5) is 0 Å². The van der Waals surface area contributed by atoms with Gasteiger partial charge in [-0.25, -0.2) is 30.1 Å². The van der Waals surface area contributed by atoms with Gasteiger partial charge < -0.3 is 12.7 Å². The third kappa shape index (κ3) is 28.4. The quantitative estimate of drug-likeness (QED) is 0.0741. The number of ketones is 1. The molecule has 0 bridgehead atoms. The molecule has 1 aliphatic rings. The van der Waals surface area contributed by atoms with Crippen molar-refractivity contribution in [1.82, 2.24) is 20.3 Å². The second kappa shape index (κ2) is 37.2. The number of carbonyl (C=O) groups is 2. The first kappa shape index (κ1) is 62.2. The average molecular weight is 1090 g/mol. The molecule has 1 N–H and O–H groups in total. The first-order valence-electron chi connectivity index (χ1n) is 20.7. The molecule has 4 aromatic carbocycles. The second-order valence-corrected chi connectivity index (χ2v) is 21.5. The number of nitrogens with one attached hydrogen (secondary N) is 1. The average Bonchev–Trinajstić information content (AvgIpc) is 3.30. The molecule has 0 aliphatic carbocycles. The topological polar surface area (TPSA) is 84.8 Å². The molecule has 13 heteroatoms. The van der Waals surface area contributed by atoms with Gasteiger partial charge in [0, 0.05) is 74.8 Å². The standard InChI is InChI=1S/C13H11NO.C13H19N.C13H13N.C7H8.C6H4ClNO.CH3.Al.4ClH.Rh.H2/c1-10-2-4-11(5-3-10)13(15)12-6-8-14-9-7-12;2*1-11-2-4-12(5-3-11)10-13-6-8-14-9-7-13;1-7-5-3-2-4-6-7;7-6(9)5-1-3-8-4-2-5;;;;;;;;/h2-9H,1H3;2-5,13-14H,6-10H2,1H3;2-9H,10H2,1H3;2-6H,1H3;1-4H;1H3;;4*1H;;1H/q;;;;;-1;+3;;;;;;/p-3. The first-order chi connectivity index (χ1) is 30.4. The van der Waals surface area contributed by atoms with Crippen LogP contribution in [0.5, 0.6) is 0 Å². The molecule has 3 aromatic heterocycles. The number of carbonyl (C=O) groups excluding carboxylic acids is 2. The van der Waals surface area contributed by atoms with E-state index in [2.05, 4.69) is 114 Å². The number of rotatable bonds is 7. The summed E-state index contributed by atoms with van der Waals surface area (Å²) in [5.74, 6) is 0.941. The summed E-state index contributed by atoms with van der Waals surface area (Å²) < 4.78 is 0. The number of hydrogen-bond donors (Lipinski definition) is 1. The van der Waals surface area contributed by atoms with Crippen LogP contribution in [-0.2, 0) is 32.3 Å². The van der Waals surface area contributed by atoms with Crippen LogP contribution in [-0.4, -0.2) is 50.5 Å². The maximum absolute atomic E-state index is 11.9. The Morgan fingerprint density at radius 3 is 1.29 bits per heavy atom. The Morgan fingerprint density at radius 1 is 0.545 bits per heavy atom. The number of halogens is 5. The minimum absolute atomic E-state index is 0. The largest absolute Gasteiger partial charge is 0.643 e. The minimum atomic E-state index is -1.72. The molecule has 1 radical (unpaired) electrons. The van der Waals surface area contributed by atoms with Crippen molar-refractivity contribution in [2.24, 2.45) is 5.92 Å². The molecule has 0 spiro atoms. The van der Waals surface area contributed by atoms with Gasteiger partial charge >= 0.3 is 11.4 Å². The smallest absolute Gasteiger partial charge is 0.358 e. The number of aryl methyl sites for hydroxylation is 4. The van der Waals surface area contributed by atoms with Gasteiger partial charge in [0.05, 0.1) is 0 Å². The summed E-state index contributed by atoms with van der Waals surface area (Å²) in [5.41, 5.74) is 11.2. The van der Waals surface area contributed by atoms with E-state index in [4.69, 9.17) is 41.7 Å². The van der Waals surface area contributed by atoms with E-state index in [1.165, 1.54) is 78.1 Å². The van der Waals surface area contributed by atoms with E-state index in [1.54, 1.807) is 36.7 Å². The summed E-state index contributed by atoms with van der Waals surface area (Å²) in [6.45, 7) is 10.7. The van der Waals surface area contributed by atoms with Gasteiger partial charge in [0.1, 0.15) is 0 Å². The second-order valence-electron chi connectivity index (χ2n) is 14.7. The molecule has 7 aromatic rings. The third-order valence-electron chi connectivity index (χ3n) is 9.49. The van der Waals surface area contributed by atoms with Crippen LogP contribution in [0.25, 0.3) is 0 Å². The van der Waals surface area contributed by atoms with Crippen LogP contribution in [0.3, 0.4) is 0 Å². The Balaban J connectivity index is 0. The van der Waals surface area contributed by atoms with Crippen LogP contribution in [0.1, 0.15) is 79.5 Å². The van der Waals surface area contributed by atoms with Crippen molar-refractivity contribution < 1.29 is 30.5 Å². The van der Waals surface area contributed by atoms with E-state index in [0.29, 0.717) is 16.7 Å². The molecule has 6 nitrogen and oxygen atoms in total. The SMILES string of the molecule is Cc1ccc(C(=O)c2ccncc2)cc1.Cc1ccc(CC2CCNCC2)cc1.Cc1ccc(Cc2ccncc2)cc1.Cc1ccccc1.Cl.O=C(Cl)c1ccncc1.[CH3-].[Cl][Al]([Cl])[Cl].[HH].[Rh]. The predicted octanol–water partition coefficient (Wildman–Crippen LogP) is 14.4. The molecular formula is C53H61AlCl5N4O2Rh-. The van der Waals surface area contributed by atoms with Crippen LogP contribution in [0, 0.1) is 41.0 Å². The van der Waals surface area contributed by atoms with Crippen molar-refractivity contribution in [1.29, 1.82) is 0 Å². The van der Waals surface area contributed by atoms with Crippen molar-refractivity contribution in [2.75, 3.05) is 13.1 Å². The minimum Gasteiger partial charge on any atom is -0.358 e. The first-order valence-corrected chi connectivity index (χ1v) is 26.3. The summed E-state index contributed by atoms with van der Waals surface area (Å²) in [6, 6.07) is 46.2. The van der Waals surface area contributed by atoms with Gasteiger partial charge in [-0.3, -0.25) is 24.5 Å². The van der Waals surface area contributed by atoms with Gasteiger partial charge in [0.2, 0.25) is 0 Å². The van der Waals surface area contributed by atoms with Gasteiger partial charge in [0.25, 0.3) is 5.24 Å². The molecule has 0 saturated carbocycles. The van der Waals surface area contributed by atoms with Crippen molar-refractivity contribution in [3.8, 4) is 0 Å². The Bertz CT molecular complexity index is 2280. The van der Waals surface area contributed by atoms with Gasteiger partial charge in [-0.2, -0.15) is 0 Å². The monoisotopic (exact) mass is 1090 g/mol. The third-order valence-corrected chi connectivity index (χ3v) is 9.70. The zero-order valence-corrected chi connectivity index (χ0v) is 44.7. The molecule has 1 saturated heterocycles. The molecule has 0 unspecified atom stereocenters. The molecule has 1 fully saturated rings. The predicted molar refractivity (Wildman–Crippen MR) is 282 cm³/mol. The molecule has 8 rings (SSSR count). The molecular weight excluding hydrogens is 1030 g/mol. The number of piperidine rings is 1. The maximum atomic E-state index is 11.9. The summed E-state index contributed by atoms with van der Waals surface area (Å²) in [6.07, 6.45) is 14.9. The maximum Gasteiger partial charge on any atom is 0.643 e. The van der Waals surface area contributed by atoms with Gasteiger partial charge in [0.15, 0.2) is 5.78 Å². The fraction of sp³-hybridized carbons (Fsp3) is 0.208. The molecule has 0 atom stereocenters. The van der Waals surface area contributed by atoms with Crippen LogP contribution < -0.4 is 5.32 Å². The Morgan fingerprint density at radius 2 is 0.894 bits per heavy atom. The zero-order valence-electron chi connectivity index (χ0n) is 38.1. The Labute approximate surface area is 436 Å². The summed E-state index contributed by atoms with van der Waals surface area (Å²) in [4.78, 5) is 33.9. The van der Waals surface area contributed by atoms with E-state index in [1.807, 2.05) is 61.8 Å². The molecule has 66 heavy (non-hydrogen) atoms. The van der Waals surface area contributed by atoms with E-state index >= 15 is 0 Å². The van der Waals surface area contributed by atoms with Crippen LogP contribution in [0.2, 0.25) is 0 Å². The summed E-state index contributed by atoms with van der Waals surface area (Å²) in [5, 5.41) is 2.96. The Hall–Kier alpha value is -3.76. The number of hydrogen-bond acceptors (Lipinski definition) is 6. The molecule has 4 heterocycles. The van der Waals surface area contributed by atoms with Gasteiger partial charge in [-0.15, -0.1) is 12.4 Å². The van der Waals surface area contributed by atoms with Gasteiger partial charge in [-0.05, 0) is 137 Å². The van der Waals surface area contributed by atoms with Crippen LogP contribution >= 0.6 is 54.2 Å². The number of nitrogens with zero attached hydrogens (tertiary/aromatic N) is 3. The van der Waals surface area contributed by atoms with E-state index in [9.17, 15) is 9.59 Å². The van der Waals surface area contributed by atoms with E-state index < -0.39 is 16.6 Å². The number of aromatic nitrogens is 3. The molecule has 353 valence electrons. The zero-order chi connectivity index (χ0) is 45.7. The van der Waals surface area contributed by atoms with E-state index in [-0.39, 0.29) is 46.5 Å². The summed E-state index contributed by atoms with van der Waals surface area (Å²) >= 11 is 3.41.